The maximum atomic E-state index is 13.2. The molecule has 2 N–H and O–H groups in total. The number of carbonyl (C=O) groups excluding carboxylic acids is 1. The van der Waals surface area contributed by atoms with E-state index in [1.807, 2.05) is 0 Å². The minimum atomic E-state index is -0.477. The molecule has 0 bridgehead atoms. The largest absolute Gasteiger partial charge is 0.352 e. The molecule has 1 unspecified atom stereocenters. The molecule has 5 nitrogen and oxygen atoms in total. The first-order valence-corrected chi connectivity index (χ1v) is 8.57. The average Bonchev–Trinajstić information content (AvgIpc) is 3.01. The van der Waals surface area contributed by atoms with Crippen LogP contribution < -0.4 is 10.9 Å². The molecule has 1 atom stereocenters. The molecule has 1 aliphatic carbocycles. The molecule has 7 heteroatoms. The van der Waals surface area contributed by atoms with E-state index in [2.05, 4.69) is 15.3 Å². The van der Waals surface area contributed by atoms with E-state index in [1.54, 1.807) is 6.92 Å². The SMILES string of the molecule is CC(Sc1nc2ccc(F)cc2c(=O)[nH]1)C(=O)NC1CCCC1. The lowest BCUT2D eigenvalue weighted by Crippen LogP contribution is -2.37. The maximum absolute atomic E-state index is 13.2. The molecule has 0 radical (unpaired) electrons. The van der Waals surface area contributed by atoms with Crippen LogP contribution in [0.5, 0.6) is 0 Å². The van der Waals surface area contributed by atoms with E-state index in [9.17, 15) is 14.0 Å². The summed E-state index contributed by atoms with van der Waals surface area (Å²) in [6, 6.07) is 4.15. The first-order valence-electron chi connectivity index (χ1n) is 7.69. The number of rotatable bonds is 4. The Hall–Kier alpha value is -1.89. The maximum Gasteiger partial charge on any atom is 0.259 e. The number of nitrogens with one attached hydrogen (secondary N) is 2. The molecule has 1 fully saturated rings. The first kappa shape index (κ1) is 16.0. The van der Waals surface area contributed by atoms with Gasteiger partial charge in [-0.1, -0.05) is 24.6 Å². The van der Waals surface area contributed by atoms with Crippen molar-refractivity contribution in [2.24, 2.45) is 0 Å². The molecule has 1 saturated carbocycles. The summed E-state index contributed by atoms with van der Waals surface area (Å²) in [5.41, 5.74) is 0.0152. The molecule has 0 spiro atoms. The number of hydrogen-bond acceptors (Lipinski definition) is 4. The van der Waals surface area contributed by atoms with Crippen molar-refractivity contribution < 1.29 is 9.18 Å². The normalized spacial score (nSPS) is 16.6. The zero-order chi connectivity index (χ0) is 16.4. The number of halogens is 1. The van der Waals surface area contributed by atoms with Crippen molar-refractivity contribution in [3.8, 4) is 0 Å². The number of carbonyl (C=O) groups is 1. The van der Waals surface area contributed by atoms with E-state index < -0.39 is 11.4 Å². The van der Waals surface area contributed by atoms with Crippen molar-refractivity contribution in [1.29, 1.82) is 0 Å². The second-order valence-electron chi connectivity index (χ2n) is 5.78. The predicted octanol–water partition coefficient (Wildman–Crippen LogP) is 2.60. The van der Waals surface area contributed by atoms with Gasteiger partial charge in [-0.3, -0.25) is 9.59 Å². The van der Waals surface area contributed by atoms with E-state index in [4.69, 9.17) is 0 Å². The average molecular weight is 335 g/mol. The molecule has 3 rings (SSSR count). The van der Waals surface area contributed by atoms with Crippen LogP contribution in [0.25, 0.3) is 10.9 Å². The molecule has 1 aromatic heterocycles. The van der Waals surface area contributed by atoms with Crippen molar-refractivity contribution in [3.05, 3.63) is 34.4 Å². The molecule has 0 aliphatic heterocycles. The number of H-pyrrole nitrogens is 1. The summed E-state index contributed by atoms with van der Waals surface area (Å²) in [7, 11) is 0. The van der Waals surface area contributed by atoms with Crippen LogP contribution in [0.1, 0.15) is 32.6 Å². The zero-order valence-electron chi connectivity index (χ0n) is 12.8. The fourth-order valence-corrected chi connectivity index (χ4v) is 3.57. The Morgan fingerprint density at radius 3 is 2.91 bits per heavy atom. The number of benzene rings is 1. The number of nitrogens with zero attached hydrogens (tertiary/aromatic N) is 1. The van der Waals surface area contributed by atoms with Gasteiger partial charge in [-0.25, -0.2) is 9.37 Å². The molecule has 2 aromatic rings. The van der Waals surface area contributed by atoms with Gasteiger partial charge in [0.1, 0.15) is 5.82 Å². The van der Waals surface area contributed by atoms with Crippen LogP contribution >= 0.6 is 11.8 Å². The van der Waals surface area contributed by atoms with E-state index in [0.717, 1.165) is 31.7 Å². The van der Waals surface area contributed by atoms with Crippen molar-refractivity contribution in [2.45, 2.75) is 49.1 Å². The van der Waals surface area contributed by atoms with E-state index in [1.165, 1.54) is 23.9 Å². The smallest absolute Gasteiger partial charge is 0.259 e. The Bertz CT molecular complexity index is 786. The molecular weight excluding hydrogens is 317 g/mol. The van der Waals surface area contributed by atoms with Crippen molar-refractivity contribution in [1.82, 2.24) is 15.3 Å². The highest BCUT2D eigenvalue weighted by molar-refractivity contribution is 8.00. The fraction of sp³-hybridized carbons (Fsp3) is 0.438. The lowest BCUT2D eigenvalue weighted by Gasteiger charge is -2.16. The number of aromatic nitrogens is 2. The van der Waals surface area contributed by atoms with Crippen LogP contribution in [-0.4, -0.2) is 27.2 Å². The highest BCUT2D eigenvalue weighted by atomic mass is 32.2. The number of aromatic amines is 1. The molecule has 1 aromatic carbocycles. The van der Waals surface area contributed by atoms with Crippen LogP contribution in [0.2, 0.25) is 0 Å². The number of thioether (sulfide) groups is 1. The van der Waals surface area contributed by atoms with Crippen LogP contribution in [0.3, 0.4) is 0 Å². The van der Waals surface area contributed by atoms with Gasteiger partial charge in [0.2, 0.25) is 5.91 Å². The number of fused-ring (bicyclic) bond motifs is 1. The standard InChI is InChI=1S/C16H18FN3O2S/c1-9(14(21)18-11-4-2-3-5-11)23-16-19-13-7-6-10(17)8-12(13)15(22)20-16/h6-9,11H,2-5H2,1H3,(H,18,21)(H,19,20,22). The van der Waals surface area contributed by atoms with Crippen LogP contribution in [0, 0.1) is 5.82 Å². The van der Waals surface area contributed by atoms with Crippen molar-refractivity contribution in [2.75, 3.05) is 0 Å². The molecule has 1 amide bonds. The van der Waals surface area contributed by atoms with Gasteiger partial charge < -0.3 is 10.3 Å². The third kappa shape index (κ3) is 3.72. The minimum absolute atomic E-state index is 0.0521. The molecular formula is C16H18FN3O2S. The quantitative estimate of drug-likeness (QED) is 0.665. The molecule has 0 saturated heterocycles. The lowest BCUT2D eigenvalue weighted by molar-refractivity contribution is -0.120. The lowest BCUT2D eigenvalue weighted by atomic mass is 10.2. The van der Waals surface area contributed by atoms with E-state index >= 15 is 0 Å². The number of hydrogen-bond donors (Lipinski definition) is 2. The molecule has 23 heavy (non-hydrogen) atoms. The minimum Gasteiger partial charge on any atom is -0.352 e. The summed E-state index contributed by atoms with van der Waals surface area (Å²) in [4.78, 5) is 31.1. The van der Waals surface area contributed by atoms with Gasteiger partial charge in [0.05, 0.1) is 16.2 Å². The Balaban J connectivity index is 1.74. The van der Waals surface area contributed by atoms with E-state index in [0.29, 0.717) is 10.7 Å². The monoisotopic (exact) mass is 335 g/mol. The van der Waals surface area contributed by atoms with Crippen LogP contribution in [0.15, 0.2) is 28.2 Å². The summed E-state index contributed by atoms with van der Waals surface area (Å²) in [6.07, 6.45) is 4.37. The second-order valence-corrected chi connectivity index (χ2v) is 7.11. The van der Waals surface area contributed by atoms with Crippen molar-refractivity contribution >= 4 is 28.6 Å². The molecule has 122 valence electrons. The topological polar surface area (TPSA) is 74.8 Å². The van der Waals surface area contributed by atoms with Gasteiger partial charge in [-0.15, -0.1) is 0 Å². The van der Waals surface area contributed by atoms with Crippen molar-refractivity contribution in [3.63, 3.8) is 0 Å². The summed E-state index contributed by atoms with van der Waals surface area (Å²) < 4.78 is 13.2. The Morgan fingerprint density at radius 1 is 1.43 bits per heavy atom. The van der Waals surface area contributed by atoms with Gasteiger partial charge in [-0.05, 0) is 38.0 Å². The van der Waals surface area contributed by atoms with Gasteiger partial charge >= 0.3 is 0 Å². The first-order chi connectivity index (χ1) is 11.0. The highest BCUT2D eigenvalue weighted by Gasteiger charge is 2.22. The summed E-state index contributed by atoms with van der Waals surface area (Å²) in [6.45, 7) is 1.78. The Kier molecular flexibility index (Phi) is 4.66. The third-order valence-electron chi connectivity index (χ3n) is 4.00. The predicted molar refractivity (Wildman–Crippen MR) is 88.0 cm³/mol. The fourth-order valence-electron chi connectivity index (χ4n) is 2.75. The summed E-state index contributed by atoms with van der Waals surface area (Å²) >= 11 is 1.20. The second kappa shape index (κ2) is 6.70. The Labute approximate surface area is 137 Å². The van der Waals surface area contributed by atoms with Gasteiger partial charge in [0.15, 0.2) is 5.16 Å². The molecule has 1 aliphatic rings. The van der Waals surface area contributed by atoms with Crippen LogP contribution in [0.4, 0.5) is 4.39 Å². The van der Waals surface area contributed by atoms with Gasteiger partial charge in [-0.2, -0.15) is 0 Å². The van der Waals surface area contributed by atoms with Crippen LogP contribution in [-0.2, 0) is 4.79 Å². The van der Waals surface area contributed by atoms with E-state index in [-0.39, 0.29) is 22.6 Å². The third-order valence-corrected chi connectivity index (χ3v) is 4.99. The molecule has 1 heterocycles. The Morgan fingerprint density at radius 2 is 2.17 bits per heavy atom. The summed E-state index contributed by atoms with van der Waals surface area (Å²) in [5, 5.41) is 3.23. The highest BCUT2D eigenvalue weighted by Crippen LogP contribution is 2.22. The number of amides is 1. The summed E-state index contributed by atoms with van der Waals surface area (Å²) in [5.74, 6) is -0.529. The van der Waals surface area contributed by atoms with Gasteiger partial charge in [0, 0.05) is 6.04 Å². The zero-order valence-corrected chi connectivity index (χ0v) is 13.6. The van der Waals surface area contributed by atoms with Gasteiger partial charge in [0.25, 0.3) is 5.56 Å².